The fourth-order valence-electron chi connectivity index (χ4n) is 3.77. The Morgan fingerprint density at radius 3 is 1.92 bits per heavy atom. The van der Waals surface area contributed by atoms with E-state index in [2.05, 4.69) is 39.9 Å². The number of carbonyl (C=O) groups excluding carboxylic acids is 1. The molecule has 2 rings (SSSR count). The molecule has 0 bridgehead atoms. The maximum atomic E-state index is 13.3. The first-order valence-corrected chi connectivity index (χ1v) is 9.24. The zero-order valence-electron chi connectivity index (χ0n) is 16.9. The molecule has 1 unspecified atom stereocenters. The van der Waals surface area contributed by atoms with Crippen LogP contribution in [0.15, 0.2) is 60.7 Å². The largest absolute Gasteiger partial charge is 0.359 e. The molecule has 1 atom stereocenters. The molecule has 2 aromatic carbocycles. The summed E-state index contributed by atoms with van der Waals surface area (Å²) in [5.74, 6) is 0.0248. The van der Waals surface area contributed by atoms with E-state index >= 15 is 0 Å². The van der Waals surface area contributed by atoms with Crippen LogP contribution in [0.1, 0.15) is 52.6 Å². The Labute approximate surface area is 158 Å². The molecule has 140 valence electrons. The molecular formula is C23H32N2O. The molecule has 0 aliphatic heterocycles. The molecule has 1 amide bonds. The van der Waals surface area contributed by atoms with E-state index < -0.39 is 0 Å². The van der Waals surface area contributed by atoms with Crippen LogP contribution in [0.25, 0.3) is 0 Å². The monoisotopic (exact) mass is 352 g/mol. The quantitative estimate of drug-likeness (QED) is 0.775. The van der Waals surface area contributed by atoms with Crippen molar-refractivity contribution in [3.63, 3.8) is 0 Å². The number of para-hydroxylation sites is 1. The standard InChI is InChI=1S/C23H32N2O/c1-22(2,3)17-23(4,5)24-21(26)20(18-13-9-7-10-14-18)25(6)19-15-11-8-12-16-19/h7-16,20H,17H2,1-6H3,(H,24,26). The molecule has 0 fully saturated rings. The van der Waals surface area contributed by atoms with Gasteiger partial charge in [0.15, 0.2) is 0 Å². The molecule has 0 saturated heterocycles. The Bertz CT molecular complexity index is 702. The van der Waals surface area contributed by atoms with Gasteiger partial charge >= 0.3 is 0 Å². The lowest BCUT2D eigenvalue weighted by Gasteiger charge is -2.37. The summed E-state index contributed by atoms with van der Waals surface area (Å²) in [6.45, 7) is 10.8. The minimum atomic E-state index is -0.377. The van der Waals surface area contributed by atoms with E-state index in [1.807, 2.05) is 72.6 Å². The zero-order valence-corrected chi connectivity index (χ0v) is 16.9. The Kier molecular flexibility index (Phi) is 6.12. The molecule has 2 aromatic rings. The van der Waals surface area contributed by atoms with Crippen LogP contribution in [0, 0.1) is 5.41 Å². The van der Waals surface area contributed by atoms with Gasteiger partial charge in [0.1, 0.15) is 6.04 Å². The highest BCUT2D eigenvalue weighted by Gasteiger charge is 2.32. The summed E-state index contributed by atoms with van der Waals surface area (Å²) < 4.78 is 0. The van der Waals surface area contributed by atoms with Gasteiger partial charge in [0.2, 0.25) is 5.91 Å². The van der Waals surface area contributed by atoms with Crippen molar-refractivity contribution in [3.8, 4) is 0 Å². The lowest BCUT2D eigenvalue weighted by atomic mass is 9.81. The van der Waals surface area contributed by atoms with E-state index in [1.54, 1.807) is 0 Å². The highest BCUT2D eigenvalue weighted by Crippen LogP contribution is 2.30. The molecule has 0 aromatic heterocycles. The van der Waals surface area contributed by atoms with Crippen molar-refractivity contribution < 1.29 is 4.79 Å². The molecule has 0 aliphatic rings. The van der Waals surface area contributed by atoms with Crippen molar-refractivity contribution >= 4 is 11.6 Å². The Balaban J connectivity index is 2.31. The number of anilines is 1. The summed E-state index contributed by atoms with van der Waals surface area (Å²) in [6.07, 6.45) is 0.905. The third-order valence-electron chi connectivity index (χ3n) is 4.35. The lowest BCUT2D eigenvalue weighted by Crippen LogP contribution is -2.50. The molecule has 0 radical (unpaired) electrons. The number of hydrogen-bond acceptors (Lipinski definition) is 2. The third-order valence-corrected chi connectivity index (χ3v) is 4.35. The number of nitrogens with zero attached hydrogens (tertiary/aromatic N) is 1. The lowest BCUT2D eigenvalue weighted by molar-refractivity contribution is -0.124. The maximum absolute atomic E-state index is 13.3. The van der Waals surface area contributed by atoms with Gasteiger partial charge in [-0.15, -0.1) is 0 Å². The molecule has 0 heterocycles. The number of carbonyl (C=O) groups is 1. The van der Waals surface area contributed by atoms with Crippen LogP contribution in [-0.4, -0.2) is 18.5 Å². The fraction of sp³-hybridized carbons (Fsp3) is 0.435. The Morgan fingerprint density at radius 1 is 0.923 bits per heavy atom. The highest BCUT2D eigenvalue weighted by atomic mass is 16.2. The van der Waals surface area contributed by atoms with Gasteiger partial charge in [-0.2, -0.15) is 0 Å². The number of rotatable bonds is 6. The normalized spacial score (nSPS) is 13.2. The first-order valence-electron chi connectivity index (χ1n) is 9.24. The van der Waals surface area contributed by atoms with Gasteiger partial charge in [-0.1, -0.05) is 69.3 Å². The first-order chi connectivity index (χ1) is 12.1. The van der Waals surface area contributed by atoms with Crippen LogP contribution < -0.4 is 10.2 Å². The van der Waals surface area contributed by atoms with E-state index in [-0.39, 0.29) is 22.9 Å². The van der Waals surface area contributed by atoms with Gasteiger partial charge in [0, 0.05) is 18.3 Å². The predicted molar refractivity (Wildman–Crippen MR) is 110 cm³/mol. The van der Waals surface area contributed by atoms with Gasteiger partial charge in [0.25, 0.3) is 0 Å². The van der Waals surface area contributed by atoms with Crippen LogP contribution in [0.5, 0.6) is 0 Å². The van der Waals surface area contributed by atoms with Crippen molar-refractivity contribution in [3.05, 3.63) is 66.2 Å². The van der Waals surface area contributed by atoms with E-state index in [4.69, 9.17) is 0 Å². The number of benzene rings is 2. The molecular weight excluding hydrogens is 320 g/mol. The van der Waals surface area contributed by atoms with Gasteiger partial charge < -0.3 is 10.2 Å². The first kappa shape index (κ1) is 20.0. The van der Waals surface area contributed by atoms with E-state index in [0.29, 0.717) is 0 Å². The van der Waals surface area contributed by atoms with Crippen LogP contribution >= 0.6 is 0 Å². The summed E-state index contributed by atoms with van der Waals surface area (Å²) in [6, 6.07) is 19.6. The highest BCUT2D eigenvalue weighted by molar-refractivity contribution is 5.87. The molecule has 0 spiro atoms. The predicted octanol–water partition coefficient (Wildman–Crippen LogP) is 5.20. The minimum Gasteiger partial charge on any atom is -0.359 e. The topological polar surface area (TPSA) is 32.3 Å². The van der Waals surface area contributed by atoms with Gasteiger partial charge in [-0.25, -0.2) is 0 Å². The third kappa shape index (κ3) is 5.62. The Hall–Kier alpha value is -2.29. The number of amides is 1. The minimum absolute atomic E-state index is 0.0248. The number of hydrogen-bond donors (Lipinski definition) is 1. The van der Waals surface area contributed by atoms with Crippen molar-refractivity contribution in [1.82, 2.24) is 5.32 Å². The SMILES string of the molecule is CN(c1ccccc1)C(C(=O)NC(C)(C)CC(C)(C)C)c1ccccc1. The number of nitrogens with one attached hydrogen (secondary N) is 1. The van der Waals surface area contributed by atoms with Crippen LogP contribution in [0.3, 0.4) is 0 Å². The van der Waals surface area contributed by atoms with Crippen molar-refractivity contribution in [2.75, 3.05) is 11.9 Å². The van der Waals surface area contributed by atoms with E-state index in [9.17, 15) is 4.79 Å². The van der Waals surface area contributed by atoms with Crippen molar-refractivity contribution in [1.29, 1.82) is 0 Å². The van der Waals surface area contributed by atoms with E-state index in [0.717, 1.165) is 17.7 Å². The summed E-state index contributed by atoms with van der Waals surface area (Å²) in [5, 5.41) is 3.28. The molecule has 26 heavy (non-hydrogen) atoms. The fourth-order valence-corrected chi connectivity index (χ4v) is 3.77. The zero-order chi connectivity index (χ0) is 19.4. The number of likely N-dealkylation sites (N-methyl/N-ethyl adjacent to an activating group) is 1. The van der Waals surface area contributed by atoms with Gasteiger partial charge in [0.05, 0.1) is 0 Å². The molecule has 3 heteroatoms. The van der Waals surface area contributed by atoms with Crippen LogP contribution in [0.4, 0.5) is 5.69 Å². The van der Waals surface area contributed by atoms with Crippen LogP contribution in [-0.2, 0) is 4.79 Å². The second kappa shape index (κ2) is 7.94. The van der Waals surface area contributed by atoms with Crippen LogP contribution in [0.2, 0.25) is 0 Å². The van der Waals surface area contributed by atoms with Crippen molar-refractivity contribution in [2.45, 2.75) is 52.6 Å². The van der Waals surface area contributed by atoms with Gasteiger partial charge in [-0.3, -0.25) is 4.79 Å². The molecule has 0 aliphatic carbocycles. The maximum Gasteiger partial charge on any atom is 0.247 e. The van der Waals surface area contributed by atoms with Gasteiger partial charge in [-0.05, 0) is 43.4 Å². The smallest absolute Gasteiger partial charge is 0.247 e. The average molecular weight is 353 g/mol. The molecule has 1 N–H and O–H groups in total. The second-order valence-corrected chi connectivity index (χ2v) is 8.87. The summed E-state index contributed by atoms with van der Waals surface area (Å²) in [7, 11) is 1.98. The molecule has 0 saturated carbocycles. The van der Waals surface area contributed by atoms with Crippen molar-refractivity contribution in [2.24, 2.45) is 5.41 Å². The van der Waals surface area contributed by atoms with E-state index in [1.165, 1.54) is 0 Å². The summed E-state index contributed by atoms with van der Waals surface area (Å²) in [4.78, 5) is 15.3. The summed E-state index contributed by atoms with van der Waals surface area (Å²) >= 11 is 0. The Morgan fingerprint density at radius 2 is 1.42 bits per heavy atom. The molecule has 3 nitrogen and oxygen atoms in total. The average Bonchev–Trinajstić information content (AvgIpc) is 2.54. The summed E-state index contributed by atoms with van der Waals surface area (Å²) in [5.41, 5.74) is 1.87. The second-order valence-electron chi connectivity index (χ2n) is 8.87.